The van der Waals surface area contributed by atoms with Gasteiger partial charge in [-0.1, -0.05) is 6.07 Å². The number of sulfone groups is 1. The van der Waals surface area contributed by atoms with E-state index >= 15 is 0 Å². The van der Waals surface area contributed by atoms with E-state index in [0.717, 1.165) is 17.3 Å². The zero-order valence-electron chi connectivity index (χ0n) is 11.0. The lowest BCUT2D eigenvalue weighted by Crippen LogP contribution is -2.06. The number of rotatable bonds is 3. The van der Waals surface area contributed by atoms with E-state index in [1.54, 1.807) is 12.1 Å². The molecule has 0 saturated heterocycles. The van der Waals surface area contributed by atoms with Gasteiger partial charge in [-0.3, -0.25) is 0 Å². The molecule has 0 radical (unpaired) electrons. The molecule has 0 bridgehead atoms. The van der Waals surface area contributed by atoms with Gasteiger partial charge in [0.2, 0.25) is 9.84 Å². The summed E-state index contributed by atoms with van der Waals surface area (Å²) in [7, 11) is -3.72. The number of aryl methyl sites for hydroxylation is 2. The average molecular weight is 291 g/mol. The molecule has 6 heteroatoms. The molecule has 1 aromatic heterocycles. The quantitative estimate of drug-likeness (QED) is 0.937. The summed E-state index contributed by atoms with van der Waals surface area (Å²) >= 11 is 0. The Bertz CT molecular complexity index is 764. The van der Waals surface area contributed by atoms with Gasteiger partial charge in [-0.05, 0) is 49.2 Å². The summed E-state index contributed by atoms with van der Waals surface area (Å²) in [5, 5.41) is 8.61. The van der Waals surface area contributed by atoms with Gasteiger partial charge in [0.25, 0.3) is 0 Å². The van der Waals surface area contributed by atoms with Crippen LogP contribution in [0.3, 0.4) is 0 Å². The lowest BCUT2D eigenvalue weighted by Gasteiger charge is -2.06. The van der Waals surface area contributed by atoms with E-state index in [9.17, 15) is 13.2 Å². The number of aromatic nitrogens is 1. The predicted molar refractivity (Wildman–Crippen MR) is 72.6 cm³/mol. The van der Waals surface area contributed by atoms with Crippen molar-refractivity contribution >= 4 is 15.8 Å². The van der Waals surface area contributed by atoms with Crippen LogP contribution in [0.1, 0.15) is 21.5 Å². The molecule has 0 unspecified atom stereocenters. The van der Waals surface area contributed by atoms with Gasteiger partial charge in [0.1, 0.15) is 0 Å². The average Bonchev–Trinajstić information content (AvgIpc) is 2.41. The number of carbonyl (C=O) groups is 1. The number of pyridine rings is 1. The minimum atomic E-state index is -3.72. The predicted octanol–water partition coefficient (Wildman–Crippen LogP) is 2.23. The smallest absolute Gasteiger partial charge is 0.337 e. The van der Waals surface area contributed by atoms with Crippen molar-refractivity contribution in [3.05, 3.63) is 53.2 Å². The summed E-state index contributed by atoms with van der Waals surface area (Å²) in [5.74, 6) is -1.15. The molecule has 0 atom stereocenters. The van der Waals surface area contributed by atoms with E-state index in [2.05, 4.69) is 4.98 Å². The van der Waals surface area contributed by atoms with Crippen LogP contribution in [0.2, 0.25) is 0 Å². The Labute approximate surface area is 116 Å². The highest BCUT2D eigenvalue weighted by atomic mass is 32.2. The second-order valence-electron chi connectivity index (χ2n) is 4.44. The maximum Gasteiger partial charge on any atom is 0.337 e. The van der Waals surface area contributed by atoms with Crippen LogP contribution < -0.4 is 0 Å². The van der Waals surface area contributed by atoms with Gasteiger partial charge >= 0.3 is 5.97 Å². The number of aromatic carboxylic acids is 1. The standard InChI is InChI=1S/C14H13NO4S/c1-9-3-5-12(7-10(9)2)20(18,19)13-6-4-11(8-15-13)14(16)17/h3-8H,1-2H3,(H,16,17). The molecule has 0 aliphatic rings. The van der Waals surface area contributed by atoms with E-state index in [1.165, 1.54) is 18.2 Å². The number of nitrogens with zero attached hydrogens (tertiary/aromatic N) is 1. The maximum absolute atomic E-state index is 12.4. The third-order valence-electron chi connectivity index (χ3n) is 3.05. The minimum Gasteiger partial charge on any atom is -0.478 e. The summed E-state index contributed by atoms with van der Waals surface area (Å²) in [4.78, 5) is 14.6. The van der Waals surface area contributed by atoms with E-state index in [4.69, 9.17) is 5.11 Å². The van der Waals surface area contributed by atoms with Gasteiger partial charge in [0.05, 0.1) is 10.5 Å². The topological polar surface area (TPSA) is 84.3 Å². The Morgan fingerprint density at radius 3 is 2.30 bits per heavy atom. The fraction of sp³-hybridized carbons (Fsp3) is 0.143. The number of carboxylic acids is 1. The highest BCUT2D eigenvalue weighted by Gasteiger charge is 2.20. The Kier molecular flexibility index (Phi) is 3.59. The van der Waals surface area contributed by atoms with Crippen LogP contribution in [-0.2, 0) is 9.84 Å². The van der Waals surface area contributed by atoms with Crippen LogP contribution in [0.15, 0.2) is 46.5 Å². The third kappa shape index (κ3) is 2.55. The van der Waals surface area contributed by atoms with Crippen LogP contribution in [0.25, 0.3) is 0 Å². The number of carboxylic acid groups (broad SMARTS) is 1. The molecule has 1 heterocycles. The number of hydrogen-bond acceptors (Lipinski definition) is 4. The first-order valence-electron chi connectivity index (χ1n) is 5.84. The summed E-state index contributed by atoms with van der Waals surface area (Å²) in [5.41, 5.74) is 1.82. The van der Waals surface area contributed by atoms with Crippen molar-refractivity contribution in [2.75, 3.05) is 0 Å². The van der Waals surface area contributed by atoms with Gasteiger partial charge in [-0.25, -0.2) is 18.2 Å². The lowest BCUT2D eigenvalue weighted by molar-refractivity contribution is 0.0696. The van der Waals surface area contributed by atoms with Crippen molar-refractivity contribution in [3.8, 4) is 0 Å². The van der Waals surface area contributed by atoms with Crippen molar-refractivity contribution in [2.24, 2.45) is 0 Å². The Morgan fingerprint density at radius 2 is 1.80 bits per heavy atom. The van der Waals surface area contributed by atoms with E-state index < -0.39 is 15.8 Å². The zero-order chi connectivity index (χ0) is 14.9. The molecule has 0 fully saturated rings. The highest BCUT2D eigenvalue weighted by molar-refractivity contribution is 7.91. The van der Waals surface area contributed by atoms with Crippen molar-refractivity contribution in [3.63, 3.8) is 0 Å². The second kappa shape index (κ2) is 5.05. The van der Waals surface area contributed by atoms with Crippen LogP contribution >= 0.6 is 0 Å². The number of benzene rings is 1. The molecule has 0 aliphatic carbocycles. The molecule has 1 aromatic carbocycles. The lowest BCUT2D eigenvalue weighted by atomic mass is 10.1. The molecule has 104 valence electrons. The summed E-state index contributed by atoms with van der Waals surface area (Å²) < 4.78 is 24.7. The molecule has 20 heavy (non-hydrogen) atoms. The zero-order valence-corrected chi connectivity index (χ0v) is 11.8. The normalized spacial score (nSPS) is 11.3. The van der Waals surface area contributed by atoms with Crippen molar-refractivity contribution in [1.29, 1.82) is 0 Å². The molecule has 0 spiro atoms. The first-order valence-corrected chi connectivity index (χ1v) is 7.32. The van der Waals surface area contributed by atoms with Crippen LogP contribution in [0, 0.1) is 13.8 Å². The van der Waals surface area contributed by atoms with Gasteiger partial charge < -0.3 is 5.11 Å². The molecule has 2 aromatic rings. The Morgan fingerprint density at radius 1 is 1.10 bits per heavy atom. The SMILES string of the molecule is Cc1ccc(S(=O)(=O)c2ccc(C(=O)O)cn2)cc1C. The molecule has 0 amide bonds. The first kappa shape index (κ1) is 14.2. The first-order chi connectivity index (χ1) is 9.32. The summed E-state index contributed by atoms with van der Waals surface area (Å²) in [6, 6.07) is 7.26. The molecular weight excluding hydrogens is 278 g/mol. The van der Waals surface area contributed by atoms with Crippen LogP contribution in [0.4, 0.5) is 0 Å². The van der Waals surface area contributed by atoms with E-state index in [-0.39, 0.29) is 15.5 Å². The number of hydrogen-bond donors (Lipinski definition) is 1. The van der Waals surface area contributed by atoms with E-state index in [1.807, 2.05) is 13.8 Å². The van der Waals surface area contributed by atoms with Gasteiger partial charge in [-0.2, -0.15) is 0 Å². The molecule has 0 saturated carbocycles. The maximum atomic E-state index is 12.4. The Balaban J connectivity index is 2.49. The second-order valence-corrected chi connectivity index (χ2v) is 6.34. The fourth-order valence-corrected chi connectivity index (χ4v) is 2.93. The Hall–Kier alpha value is -2.21. The van der Waals surface area contributed by atoms with Gasteiger partial charge in [0.15, 0.2) is 5.03 Å². The van der Waals surface area contributed by atoms with Crippen LogP contribution in [-0.4, -0.2) is 24.5 Å². The summed E-state index contributed by atoms with van der Waals surface area (Å²) in [6.07, 6.45) is 1.04. The van der Waals surface area contributed by atoms with Crippen molar-refractivity contribution in [2.45, 2.75) is 23.8 Å². The summed E-state index contributed by atoms with van der Waals surface area (Å²) in [6.45, 7) is 3.72. The molecular formula is C14H13NO4S. The van der Waals surface area contributed by atoms with Gasteiger partial charge in [-0.15, -0.1) is 0 Å². The monoisotopic (exact) mass is 291 g/mol. The minimum absolute atomic E-state index is 0.0518. The van der Waals surface area contributed by atoms with Crippen molar-refractivity contribution < 1.29 is 18.3 Å². The molecule has 5 nitrogen and oxygen atoms in total. The molecule has 0 aliphatic heterocycles. The highest BCUT2D eigenvalue weighted by Crippen LogP contribution is 2.21. The van der Waals surface area contributed by atoms with Crippen molar-refractivity contribution in [1.82, 2.24) is 4.98 Å². The van der Waals surface area contributed by atoms with Crippen LogP contribution in [0.5, 0.6) is 0 Å². The molecule has 2 rings (SSSR count). The van der Waals surface area contributed by atoms with Gasteiger partial charge in [0, 0.05) is 6.20 Å². The molecule has 1 N–H and O–H groups in total. The largest absolute Gasteiger partial charge is 0.478 e. The van der Waals surface area contributed by atoms with E-state index in [0.29, 0.717) is 0 Å². The third-order valence-corrected chi connectivity index (χ3v) is 4.71. The fourth-order valence-electron chi connectivity index (χ4n) is 1.67.